The van der Waals surface area contributed by atoms with E-state index >= 15 is 0 Å². The summed E-state index contributed by atoms with van der Waals surface area (Å²) in [4.78, 5) is 16.7. The number of aliphatic hydroxyl groups excluding tert-OH is 1. The molecule has 0 bridgehead atoms. The normalized spacial score (nSPS) is 21.3. The summed E-state index contributed by atoms with van der Waals surface area (Å²) in [7, 11) is 0. The molecule has 1 N–H and O–H groups in total. The molecule has 0 atom stereocenters. The Morgan fingerprint density at radius 3 is 2.32 bits per heavy atom. The van der Waals surface area contributed by atoms with Crippen molar-refractivity contribution in [1.29, 1.82) is 0 Å². The van der Waals surface area contributed by atoms with Gasteiger partial charge in [0.25, 0.3) is 0 Å². The average Bonchev–Trinajstić information content (AvgIpc) is 2.62. The van der Waals surface area contributed by atoms with E-state index in [9.17, 15) is 4.79 Å². The molecule has 1 saturated carbocycles. The van der Waals surface area contributed by atoms with Crippen LogP contribution in [0.4, 0.5) is 0 Å². The van der Waals surface area contributed by atoms with Crippen molar-refractivity contribution in [2.75, 3.05) is 32.8 Å². The first-order valence-electron chi connectivity index (χ1n) is 7.94. The molecule has 0 radical (unpaired) electrons. The molecule has 0 aromatic rings. The zero-order chi connectivity index (χ0) is 13.5. The number of carbonyl (C=O) groups excluding carboxylic acids is 1. The van der Waals surface area contributed by atoms with Crippen LogP contribution in [-0.4, -0.2) is 59.6 Å². The molecule has 0 aromatic carbocycles. The molecule has 1 heterocycles. The fourth-order valence-corrected chi connectivity index (χ4v) is 3.01. The van der Waals surface area contributed by atoms with Crippen LogP contribution in [0.3, 0.4) is 0 Å². The van der Waals surface area contributed by atoms with E-state index in [1.807, 2.05) is 0 Å². The molecule has 1 saturated heterocycles. The van der Waals surface area contributed by atoms with Crippen molar-refractivity contribution < 1.29 is 9.90 Å². The molecule has 1 aliphatic heterocycles. The van der Waals surface area contributed by atoms with Gasteiger partial charge in [0.15, 0.2) is 0 Å². The van der Waals surface area contributed by atoms with Gasteiger partial charge in [-0.15, -0.1) is 0 Å². The third kappa shape index (κ3) is 4.46. The van der Waals surface area contributed by atoms with E-state index in [2.05, 4.69) is 9.80 Å². The minimum absolute atomic E-state index is 0.223. The molecule has 2 fully saturated rings. The van der Waals surface area contributed by atoms with Gasteiger partial charge in [0.05, 0.1) is 6.54 Å². The Labute approximate surface area is 116 Å². The Morgan fingerprint density at radius 1 is 1.11 bits per heavy atom. The maximum atomic E-state index is 12.4. The second-order valence-electron chi connectivity index (χ2n) is 5.93. The van der Waals surface area contributed by atoms with Crippen LogP contribution in [0.2, 0.25) is 0 Å². The van der Waals surface area contributed by atoms with Crippen molar-refractivity contribution in [3.63, 3.8) is 0 Å². The number of nitrogens with zero attached hydrogens (tertiary/aromatic N) is 2. The molecular weight excluding hydrogens is 240 g/mol. The highest BCUT2D eigenvalue weighted by molar-refractivity contribution is 5.78. The van der Waals surface area contributed by atoms with Gasteiger partial charge in [-0.1, -0.05) is 19.3 Å². The van der Waals surface area contributed by atoms with E-state index in [0.717, 1.165) is 38.9 Å². The quantitative estimate of drug-likeness (QED) is 0.796. The highest BCUT2D eigenvalue weighted by Gasteiger charge is 2.27. The van der Waals surface area contributed by atoms with Crippen molar-refractivity contribution in [2.24, 2.45) is 0 Å². The first-order valence-corrected chi connectivity index (χ1v) is 7.94. The van der Waals surface area contributed by atoms with Crippen LogP contribution in [0.1, 0.15) is 51.4 Å². The Hall–Kier alpha value is -0.610. The molecule has 0 aromatic heterocycles. The predicted octanol–water partition coefficient (Wildman–Crippen LogP) is 1.63. The van der Waals surface area contributed by atoms with Gasteiger partial charge in [-0.25, -0.2) is 0 Å². The summed E-state index contributed by atoms with van der Waals surface area (Å²) in [6.07, 6.45) is 9.36. The maximum Gasteiger partial charge on any atom is 0.236 e. The van der Waals surface area contributed by atoms with Gasteiger partial charge >= 0.3 is 0 Å². The standard InChI is InChI=1S/C15H28N2O2/c18-12-6-11-17(14-7-5-8-14)13-15(19)16-9-3-1-2-4-10-16/h14,18H,1-13H2. The molecule has 1 amide bonds. The summed E-state index contributed by atoms with van der Waals surface area (Å²) in [6.45, 7) is 3.53. The van der Waals surface area contributed by atoms with E-state index in [1.165, 1.54) is 32.1 Å². The second kappa shape index (κ2) is 7.85. The second-order valence-corrected chi connectivity index (χ2v) is 5.93. The molecule has 19 heavy (non-hydrogen) atoms. The molecule has 0 unspecified atom stereocenters. The van der Waals surface area contributed by atoms with Crippen molar-refractivity contribution in [3.05, 3.63) is 0 Å². The van der Waals surface area contributed by atoms with E-state index in [0.29, 0.717) is 18.5 Å². The zero-order valence-corrected chi connectivity index (χ0v) is 12.0. The van der Waals surface area contributed by atoms with Crippen molar-refractivity contribution in [1.82, 2.24) is 9.80 Å². The number of rotatable bonds is 6. The Morgan fingerprint density at radius 2 is 1.79 bits per heavy atom. The number of aliphatic hydroxyl groups is 1. The monoisotopic (exact) mass is 268 g/mol. The first-order chi connectivity index (χ1) is 9.31. The van der Waals surface area contributed by atoms with Gasteiger partial charge < -0.3 is 10.0 Å². The first kappa shape index (κ1) is 14.8. The van der Waals surface area contributed by atoms with Crippen LogP contribution in [0.25, 0.3) is 0 Å². The molecule has 110 valence electrons. The van der Waals surface area contributed by atoms with Gasteiger partial charge in [0, 0.05) is 32.3 Å². The van der Waals surface area contributed by atoms with Crippen LogP contribution in [-0.2, 0) is 4.79 Å². The molecule has 0 spiro atoms. The summed E-state index contributed by atoms with van der Waals surface area (Å²) in [5.41, 5.74) is 0. The molecular formula is C15H28N2O2. The lowest BCUT2D eigenvalue weighted by Gasteiger charge is -2.38. The number of likely N-dealkylation sites (tertiary alicyclic amines) is 1. The summed E-state index contributed by atoms with van der Waals surface area (Å²) < 4.78 is 0. The zero-order valence-electron chi connectivity index (χ0n) is 12.0. The smallest absolute Gasteiger partial charge is 0.236 e. The third-order valence-electron chi connectivity index (χ3n) is 4.49. The van der Waals surface area contributed by atoms with Crippen LogP contribution in [0, 0.1) is 0 Å². The molecule has 2 aliphatic rings. The van der Waals surface area contributed by atoms with Gasteiger partial charge in [-0.2, -0.15) is 0 Å². The number of amides is 1. The minimum Gasteiger partial charge on any atom is -0.396 e. The third-order valence-corrected chi connectivity index (χ3v) is 4.49. The number of carbonyl (C=O) groups is 1. The topological polar surface area (TPSA) is 43.8 Å². The van der Waals surface area contributed by atoms with Gasteiger partial charge in [-0.05, 0) is 32.1 Å². The average molecular weight is 268 g/mol. The van der Waals surface area contributed by atoms with E-state index in [4.69, 9.17) is 5.11 Å². The molecule has 4 nitrogen and oxygen atoms in total. The Kier molecular flexibility index (Phi) is 6.11. The van der Waals surface area contributed by atoms with Gasteiger partial charge in [0.1, 0.15) is 0 Å². The van der Waals surface area contributed by atoms with E-state index in [-0.39, 0.29) is 6.61 Å². The Balaban J connectivity index is 1.82. The molecule has 4 heteroatoms. The lowest BCUT2D eigenvalue weighted by atomic mass is 9.91. The summed E-state index contributed by atoms with van der Waals surface area (Å²) in [5.74, 6) is 0.298. The minimum atomic E-state index is 0.223. The summed E-state index contributed by atoms with van der Waals surface area (Å²) in [5, 5.41) is 8.99. The number of hydrogen-bond donors (Lipinski definition) is 1. The Bertz CT molecular complexity index is 271. The van der Waals surface area contributed by atoms with E-state index < -0.39 is 0 Å². The van der Waals surface area contributed by atoms with Crippen molar-refractivity contribution in [2.45, 2.75) is 57.4 Å². The lowest BCUT2D eigenvalue weighted by molar-refractivity contribution is -0.133. The maximum absolute atomic E-state index is 12.4. The molecule has 2 rings (SSSR count). The van der Waals surface area contributed by atoms with Crippen molar-refractivity contribution in [3.8, 4) is 0 Å². The van der Waals surface area contributed by atoms with Crippen LogP contribution >= 0.6 is 0 Å². The fourth-order valence-electron chi connectivity index (χ4n) is 3.01. The van der Waals surface area contributed by atoms with Crippen LogP contribution in [0.15, 0.2) is 0 Å². The lowest BCUT2D eigenvalue weighted by Crippen LogP contribution is -2.47. The highest BCUT2D eigenvalue weighted by Crippen LogP contribution is 2.25. The molecule has 1 aliphatic carbocycles. The highest BCUT2D eigenvalue weighted by atomic mass is 16.3. The van der Waals surface area contributed by atoms with Gasteiger partial charge in [0.2, 0.25) is 5.91 Å². The van der Waals surface area contributed by atoms with Crippen molar-refractivity contribution >= 4 is 5.91 Å². The van der Waals surface area contributed by atoms with Crippen LogP contribution < -0.4 is 0 Å². The largest absolute Gasteiger partial charge is 0.396 e. The van der Waals surface area contributed by atoms with Gasteiger partial charge in [-0.3, -0.25) is 9.69 Å². The summed E-state index contributed by atoms with van der Waals surface area (Å²) in [6, 6.07) is 0.586. The van der Waals surface area contributed by atoms with E-state index in [1.54, 1.807) is 0 Å². The predicted molar refractivity (Wildman–Crippen MR) is 76.0 cm³/mol. The number of hydrogen-bond acceptors (Lipinski definition) is 3. The van der Waals surface area contributed by atoms with Crippen LogP contribution in [0.5, 0.6) is 0 Å². The summed E-state index contributed by atoms with van der Waals surface area (Å²) >= 11 is 0. The fraction of sp³-hybridized carbons (Fsp3) is 0.933. The SMILES string of the molecule is O=C(CN(CCCO)C1CCC1)N1CCCCCC1.